The van der Waals surface area contributed by atoms with Crippen LogP contribution in [0.2, 0.25) is 0 Å². The van der Waals surface area contributed by atoms with E-state index in [1.807, 2.05) is 24.3 Å². The van der Waals surface area contributed by atoms with E-state index in [0.717, 1.165) is 10.9 Å². The third-order valence-electron chi connectivity index (χ3n) is 3.18. The van der Waals surface area contributed by atoms with Crippen molar-refractivity contribution in [2.24, 2.45) is 0 Å². The number of carboxylic acid groups (broad SMARTS) is 1. The number of carbonyl (C=O) groups is 2. The maximum Gasteiger partial charge on any atom is 0.413 e. The zero-order valence-electron chi connectivity index (χ0n) is 13.1. The van der Waals surface area contributed by atoms with Gasteiger partial charge in [-0.1, -0.05) is 18.2 Å². The number of hydrogen-bond acceptors (Lipinski definition) is 3. The molecule has 0 aliphatic carbocycles. The topological polar surface area (TPSA) is 91.4 Å². The van der Waals surface area contributed by atoms with E-state index in [1.165, 1.54) is 0 Å². The highest BCUT2D eigenvalue weighted by molar-refractivity contribution is 5.98. The van der Waals surface area contributed by atoms with E-state index in [0.29, 0.717) is 11.4 Å². The van der Waals surface area contributed by atoms with Gasteiger partial charge in [0.25, 0.3) is 0 Å². The number of hydrogen-bond donors (Lipinski definition) is 3. The van der Waals surface area contributed by atoms with Gasteiger partial charge in [-0.2, -0.15) is 0 Å². The molecule has 1 aromatic carbocycles. The number of aliphatic carboxylic acids is 1. The molecule has 22 heavy (non-hydrogen) atoms. The number of aromatic amines is 1. The van der Waals surface area contributed by atoms with Crippen molar-refractivity contribution >= 4 is 28.8 Å². The minimum atomic E-state index is -0.961. The zero-order valence-corrected chi connectivity index (χ0v) is 13.1. The molecule has 1 amide bonds. The largest absolute Gasteiger partial charge is 0.481 e. The summed E-state index contributed by atoms with van der Waals surface area (Å²) in [5, 5.41) is 12.7. The van der Waals surface area contributed by atoms with E-state index in [9.17, 15) is 14.7 Å². The molecule has 118 valence electrons. The van der Waals surface area contributed by atoms with E-state index in [2.05, 4.69) is 10.3 Å². The zero-order chi connectivity index (χ0) is 16.5. The van der Waals surface area contributed by atoms with Crippen molar-refractivity contribution in [3.05, 3.63) is 29.8 Å². The predicted octanol–water partition coefficient (Wildman–Crippen LogP) is 3.70. The summed E-state index contributed by atoms with van der Waals surface area (Å²) in [6.45, 7) is 6.87. The molecule has 1 aromatic heterocycles. The van der Waals surface area contributed by atoms with Gasteiger partial charge in [-0.25, -0.2) is 4.79 Å². The van der Waals surface area contributed by atoms with Gasteiger partial charge in [-0.3, -0.25) is 10.1 Å². The highest BCUT2D eigenvalue weighted by Gasteiger charge is 2.25. The number of rotatable bonds is 3. The van der Waals surface area contributed by atoms with Gasteiger partial charge in [0, 0.05) is 16.5 Å². The van der Waals surface area contributed by atoms with Crippen LogP contribution in [0.4, 0.5) is 10.6 Å². The Labute approximate surface area is 128 Å². The lowest BCUT2D eigenvalue weighted by molar-refractivity contribution is -0.138. The SMILES string of the molecule is CC(C(=O)O)c1c(NC(=O)OC(C)(C)C)[nH]c2ccccc12. The van der Waals surface area contributed by atoms with Crippen molar-refractivity contribution in [1.29, 1.82) is 0 Å². The van der Waals surface area contributed by atoms with Gasteiger partial charge < -0.3 is 14.8 Å². The molecule has 3 N–H and O–H groups in total. The smallest absolute Gasteiger partial charge is 0.413 e. The fourth-order valence-electron chi connectivity index (χ4n) is 2.24. The van der Waals surface area contributed by atoms with Crippen LogP contribution in [0.5, 0.6) is 0 Å². The third kappa shape index (κ3) is 3.39. The normalized spacial score (nSPS) is 12.9. The van der Waals surface area contributed by atoms with Crippen molar-refractivity contribution in [2.45, 2.75) is 39.2 Å². The summed E-state index contributed by atoms with van der Waals surface area (Å²) < 4.78 is 5.22. The van der Waals surface area contributed by atoms with Crippen LogP contribution < -0.4 is 5.32 Å². The van der Waals surface area contributed by atoms with Gasteiger partial charge in [0.05, 0.1) is 5.92 Å². The van der Waals surface area contributed by atoms with Gasteiger partial charge in [0.1, 0.15) is 11.4 Å². The summed E-state index contributed by atoms with van der Waals surface area (Å²) in [6, 6.07) is 7.31. The molecule has 0 bridgehead atoms. The highest BCUT2D eigenvalue weighted by atomic mass is 16.6. The lowest BCUT2D eigenvalue weighted by atomic mass is 9.99. The fourth-order valence-corrected chi connectivity index (χ4v) is 2.24. The van der Waals surface area contributed by atoms with Gasteiger partial charge in [0.2, 0.25) is 0 Å². The first-order chi connectivity index (χ1) is 10.2. The fraction of sp³-hybridized carbons (Fsp3) is 0.375. The summed E-state index contributed by atoms with van der Waals surface area (Å²) in [7, 11) is 0. The Kier molecular flexibility index (Phi) is 4.12. The number of benzene rings is 1. The number of ether oxygens (including phenoxy) is 1. The number of nitrogens with one attached hydrogen (secondary N) is 2. The number of carboxylic acids is 1. The van der Waals surface area contributed by atoms with Gasteiger partial charge >= 0.3 is 12.1 Å². The molecule has 0 saturated heterocycles. The molecule has 0 aliphatic rings. The minimum Gasteiger partial charge on any atom is -0.481 e. The van der Waals surface area contributed by atoms with E-state index in [4.69, 9.17) is 4.74 Å². The van der Waals surface area contributed by atoms with E-state index >= 15 is 0 Å². The molecule has 1 unspecified atom stereocenters. The van der Waals surface area contributed by atoms with Crippen LogP contribution in [0, 0.1) is 0 Å². The Morgan fingerprint density at radius 3 is 2.50 bits per heavy atom. The maximum absolute atomic E-state index is 11.9. The van der Waals surface area contributed by atoms with Gasteiger partial charge in [0.15, 0.2) is 0 Å². The summed E-state index contributed by atoms with van der Waals surface area (Å²) >= 11 is 0. The van der Waals surface area contributed by atoms with Gasteiger partial charge in [-0.15, -0.1) is 0 Å². The molecule has 2 rings (SSSR count). The Balaban J connectivity index is 2.42. The molecule has 2 aromatic rings. The monoisotopic (exact) mass is 304 g/mol. The van der Waals surface area contributed by atoms with Gasteiger partial charge in [-0.05, 0) is 33.8 Å². The standard InChI is InChI=1S/C16H20N2O4/c1-9(14(19)20)12-10-7-5-6-8-11(10)17-13(12)18-15(21)22-16(2,3)4/h5-9,17H,1-4H3,(H,18,21)(H,19,20). The molecule has 1 heterocycles. The summed E-state index contributed by atoms with van der Waals surface area (Å²) in [5.74, 6) is -1.37. The number of aromatic nitrogens is 1. The minimum absolute atomic E-state index is 0.352. The van der Waals surface area contributed by atoms with Crippen LogP contribution in [0.15, 0.2) is 24.3 Å². The molecule has 1 atom stereocenters. The van der Waals surface area contributed by atoms with Crippen LogP contribution in [0.25, 0.3) is 10.9 Å². The second-order valence-electron chi connectivity index (χ2n) is 6.15. The number of anilines is 1. The first-order valence-electron chi connectivity index (χ1n) is 7.02. The summed E-state index contributed by atoms with van der Waals surface area (Å²) in [4.78, 5) is 26.3. The molecule has 0 radical (unpaired) electrons. The quantitative estimate of drug-likeness (QED) is 0.806. The average Bonchev–Trinajstić information content (AvgIpc) is 2.72. The number of fused-ring (bicyclic) bond motifs is 1. The average molecular weight is 304 g/mol. The Bertz CT molecular complexity index is 712. The van der Waals surface area contributed by atoms with Crippen LogP contribution in [-0.4, -0.2) is 27.8 Å². The highest BCUT2D eigenvalue weighted by Crippen LogP contribution is 2.33. The van der Waals surface area contributed by atoms with Crippen LogP contribution in [0.3, 0.4) is 0 Å². The van der Waals surface area contributed by atoms with E-state index in [-0.39, 0.29) is 0 Å². The van der Waals surface area contributed by atoms with E-state index in [1.54, 1.807) is 27.7 Å². The third-order valence-corrected chi connectivity index (χ3v) is 3.18. The Morgan fingerprint density at radius 1 is 1.27 bits per heavy atom. The van der Waals surface area contributed by atoms with Crippen LogP contribution in [0.1, 0.15) is 39.2 Å². The number of carbonyl (C=O) groups excluding carboxylic acids is 1. The molecule has 0 saturated carbocycles. The van der Waals surface area contributed by atoms with Crippen molar-refractivity contribution < 1.29 is 19.4 Å². The van der Waals surface area contributed by atoms with Crippen molar-refractivity contribution in [2.75, 3.05) is 5.32 Å². The van der Waals surface area contributed by atoms with Crippen molar-refractivity contribution in [3.63, 3.8) is 0 Å². The molecule has 0 spiro atoms. The Morgan fingerprint density at radius 2 is 1.91 bits per heavy atom. The number of para-hydroxylation sites is 1. The van der Waals surface area contributed by atoms with Crippen molar-refractivity contribution in [1.82, 2.24) is 4.98 Å². The molecular formula is C16H20N2O4. The van der Waals surface area contributed by atoms with E-state index < -0.39 is 23.6 Å². The molecule has 6 nitrogen and oxygen atoms in total. The van der Waals surface area contributed by atoms with Crippen molar-refractivity contribution in [3.8, 4) is 0 Å². The molecular weight excluding hydrogens is 284 g/mol. The predicted molar refractivity (Wildman–Crippen MR) is 84.2 cm³/mol. The molecule has 0 aliphatic heterocycles. The first kappa shape index (κ1) is 15.9. The van der Waals surface area contributed by atoms with Crippen LogP contribution >= 0.6 is 0 Å². The number of amides is 1. The second-order valence-corrected chi connectivity index (χ2v) is 6.15. The van der Waals surface area contributed by atoms with Crippen LogP contribution in [-0.2, 0) is 9.53 Å². The molecule has 0 fully saturated rings. The Hall–Kier alpha value is -2.50. The number of H-pyrrole nitrogens is 1. The summed E-state index contributed by atoms with van der Waals surface area (Å²) in [6.07, 6.45) is -0.627. The first-order valence-corrected chi connectivity index (χ1v) is 7.02. The summed E-state index contributed by atoms with van der Waals surface area (Å²) in [5.41, 5.74) is 0.667. The maximum atomic E-state index is 11.9. The second kappa shape index (κ2) is 5.71. The lowest BCUT2D eigenvalue weighted by Gasteiger charge is -2.20. The lowest BCUT2D eigenvalue weighted by Crippen LogP contribution is -2.27. The molecule has 6 heteroatoms.